The number of carbonyl (C=O) groups excluding carboxylic acids is 2. The van der Waals surface area contributed by atoms with Crippen LogP contribution in [0.4, 0.5) is 5.69 Å². The van der Waals surface area contributed by atoms with Crippen LogP contribution >= 0.6 is 0 Å². The van der Waals surface area contributed by atoms with Crippen LogP contribution in [0.15, 0.2) is 30.3 Å². The number of hydrogen-bond acceptors (Lipinski definition) is 5. The third-order valence-electron chi connectivity index (χ3n) is 4.27. The number of carbonyl (C=O) groups is 2. The van der Waals surface area contributed by atoms with Gasteiger partial charge in [-0.1, -0.05) is 12.1 Å². The van der Waals surface area contributed by atoms with Gasteiger partial charge in [-0.2, -0.15) is 0 Å². The van der Waals surface area contributed by atoms with Crippen LogP contribution in [0.2, 0.25) is 0 Å². The van der Waals surface area contributed by atoms with E-state index in [1.807, 2.05) is 33.8 Å². The summed E-state index contributed by atoms with van der Waals surface area (Å²) < 4.78 is 5.06. The van der Waals surface area contributed by atoms with Crippen molar-refractivity contribution in [1.82, 2.24) is 0 Å². The Morgan fingerprint density at radius 2 is 1.64 bits per heavy atom. The molecular weight excluding hydrogens is 322 g/mol. The Balaban J connectivity index is 2.17. The maximum Gasteiger partial charge on any atom is 0.338 e. The summed E-state index contributed by atoms with van der Waals surface area (Å²) >= 11 is 0. The van der Waals surface area contributed by atoms with E-state index < -0.39 is 17.5 Å². The van der Waals surface area contributed by atoms with Crippen molar-refractivity contribution in [3.63, 3.8) is 0 Å². The summed E-state index contributed by atoms with van der Waals surface area (Å²) in [5, 5.41) is 10.8. The number of hydrogen-bond donors (Lipinski definition) is 0. The van der Waals surface area contributed by atoms with Crippen LogP contribution in [0.1, 0.15) is 43.0 Å². The lowest BCUT2D eigenvalue weighted by molar-refractivity contribution is -0.384. The van der Waals surface area contributed by atoms with E-state index in [1.54, 1.807) is 0 Å². The van der Waals surface area contributed by atoms with Gasteiger partial charge in [0.25, 0.3) is 5.69 Å². The number of nitro groups is 1. The number of non-ortho nitro benzene ring substituents is 1. The molecule has 0 bridgehead atoms. The highest BCUT2D eigenvalue weighted by Gasteiger charge is 2.19. The molecule has 0 aromatic heterocycles. The van der Waals surface area contributed by atoms with Crippen molar-refractivity contribution in [3.05, 3.63) is 73.8 Å². The number of ketones is 1. The van der Waals surface area contributed by atoms with Crippen molar-refractivity contribution in [2.45, 2.75) is 27.7 Å². The normalized spacial score (nSPS) is 10.4. The van der Waals surface area contributed by atoms with Gasteiger partial charge in [-0.15, -0.1) is 0 Å². The van der Waals surface area contributed by atoms with Crippen LogP contribution in [-0.2, 0) is 4.74 Å². The summed E-state index contributed by atoms with van der Waals surface area (Å²) in [7, 11) is 0. The summed E-state index contributed by atoms with van der Waals surface area (Å²) in [6.07, 6.45) is 0. The van der Waals surface area contributed by atoms with Gasteiger partial charge in [0.15, 0.2) is 6.61 Å². The Bertz CT molecular complexity index is 844. The van der Waals surface area contributed by atoms with Gasteiger partial charge in [-0.05, 0) is 56.0 Å². The number of nitrogens with zero attached hydrogens (tertiary/aromatic N) is 1. The maximum absolute atomic E-state index is 12.5. The van der Waals surface area contributed by atoms with Gasteiger partial charge in [-0.3, -0.25) is 14.9 Å². The largest absolute Gasteiger partial charge is 0.454 e. The lowest BCUT2D eigenvalue weighted by atomic mass is 9.92. The van der Waals surface area contributed by atoms with Gasteiger partial charge in [0.2, 0.25) is 5.78 Å². The Morgan fingerprint density at radius 3 is 2.20 bits per heavy atom. The molecule has 2 rings (SSSR count). The third kappa shape index (κ3) is 3.91. The van der Waals surface area contributed by atoms with Crippen molar-refractivity contribution < 1.29 is 19.2 Å². The molecule has 0 spiro atoms. The van der Waals surface area contributed by atoms with Crippen LogP contribution in [0.3, 0.4) is 0 Å². The molecule has 0 aliphatic heterocycles. The highest BCUT2D eigenvalue weighted by molar-refractivity contribution is 6.02. The van der Waals surface area contributed by atoms with Crippen LogP contribution in [-0.4, -0.2) is 23.3 Å². The first-order valence-electron chi connectivity index (χ1n) is 7.74. The quantitative estimate of drug-likeness (QED) is 0.357. The minimum Gasteiger partial charge on any atom is -0.454 e. The van der Waals surface area contributed by atoms with E-state index in [4.69, 9.17) is 4.74 Å². The number of ether oxygens (including phenoxy) is 1. The summed E-state index contributed by atoms with van der Waals surface area (Å²) in [6, 6.07) is 7.22. The molecule has 0 atom stereocenters. The summed E-state index contributed by atoms with van der Waals surface area (Å²) in [5.41, 5.74) is 4.11. The molecule has 25 heavy (non-hydrogen) atoms. The number of nitro benzene ring substituents is 1. The van der Waals surface area contributed by atoms with E-state index in [1.165, 1.54) is 18.2 Å². The molecule has 0 fully saturated rings. The topological polar surface area (TPSA) is 86.5 Å². The molecule has 2 aromatic rings. The van der Waals surface area contributed by atoms with Crippen molar-refractivity contribution in [3.8, 4) is 0 Å². The zero-order chi connectivity index (χ0) is 18.7. The van der Waals surface area contributed by atoms with E-state index in [0.29, 0.717) is 5.56 Å². The summed E-state index contributed by atoms with van der Waals surface area (Å²) in [4.78, 5) is 34.8. The van der Waals surface area contributed by atoms with Gasteiger partial charge in [-0.25, -0.2) is 4.79 Å². The predicted molar refractivity (Wildman–Crippen MR) is 93.1 cm³/mol. The van der Waals surface area contributed by atoms with Gasteiger partial charge < -0.3 is 4.74 Å². The van der Waals surface area contributed by atoms with Crippen molar-refractivity contribution in [2.75, 3.05) is 6.61 Å². The Morgan fingerprint density at radius 1 is 1.04 bits per heavy atom. The molecule has 0 N–H and O–H groups in total. The van der Waals surface area contributed by atoms with Gasteiger partial charge >= 0.3 is 5.97 Å². The second-order valence-corrected chi connectivity index (χ2v) is 5.94. The van der Waals surface area contributed by atoms with E-state index in [0.717, 1.165) is 28.3 Å². The molecule has 6 heteroatoms. The predicted octanol–water partition coefficient (Wildman–Crippen LogP) is 3.87. The molecule has 0 unspecified atom stereocenters. The van der Waals surface area contributed by atoms with Crippen molar-refractivity contribution >= 4 is 17.4 Å². The average Bonchev–Trinajstić information content (AvgIpc) is 2.58. The SMILES string of the molecule is Cc1cc(C)c(C)c(C(=O)COC(=O)c2cccc([N+](=O)[O-])c2)c1C. The Hall–Kier alpha value is -3.02. The molecule has 0 saturated carbocycles. The first-order valence-corrected chi connectivity index (χ1v) is 7.74. The van der Waals surface area contributed by atoms with E-state index in [2.05, 4.69) is 0 Å². The molecule has 6 nitrogen and oxygen atoms in total. The highest BCUT2D eigenvalue weighted by atomic mass is 16.6. The van der Waals surface area contributed by atoms with E-state index in [9.17, 15) is 19.7 Å². The van der Waals surface area contributed by atoms with Crippen LogP contribution in [0.5, 0.6) is 0 Å². The fourth-order valence-electron chi connectivity index (χ4n) is 2.67. The van der Waals surface area contributed by atoms with Gasteiger partial charge in [0.1, 0.15) is 0 Å². The molecule has 0 saturated heterocycles. The zero-order valence-electron chi connectivity index (χ0n) is 14.6. The molecule has 2 aromatic carbocycles. The maximum atomic E-state index is 12.5. The zero-order valence-corrected chi connectivity index (χ0v) is 14.6. The number of rotatable bonds is 5. The minimum absolute atomic E-state index is 0.0378. The standard InChI is InChI=1S/C19H19NO5/c1-11-8-12(2)14(4)18(13(11)3)17(21)10-25-19(22)15-6-5-7-16(9-15)20(23)24/h5-9H,10H2,1-4H3. The molecule has 0 heterocycles. The first kappa shape index (κ1) is 18.3. The second kappa shape index (κ2) is 7.25. The number of aryl methyl sites for hydroxylation is 2. The number of benzene rings is 2. The smallest absolute Gasteiger partial charge is 0.338 e. The summed E-state index contributed by atoms with van der Waals surface area (Å²) in [6.45, 7) is 7.15. The molecule has 0 radical (unpaired) electrons. The Kier molecular flexibility index (Phi) is 5.32. The minimum atomic E-state index is -0.767. The second-order valence-electron chi connectivity index (χ2n) is 5.94. The van der Waals surface area contributed by atoms with Crippen LogP contribution < -0.4 is 0 Å². The average molecular weight is 341 g/mol. The molecular formula is C19H19NO5. The first-order chi connectivity index (χ1) is 11.7. The summed E-state index contributed by atoms with van der Waals surface area (Å²) in [5.74, 6) is -1.06. The van der Waals surface area contributed by atoms with Crippen molar-refractivity contribution in [2.24, 2.45) is 0 Å². The van der Waals surface area contributed by atoms with Gasteiger partial charge in [0.05, 0.1) is 10.5 Å². The van der Waals surface area contributed by atoms with Crippen LogP contribution in [0.25, 0.3) is 0 Å². The number of Topliss-reactive ketones (excluding diaryl/α,β-unsaturated/α-hetero) is 1. The molecule has 0 aliphatic rings. The molecule has 0 aliphatic carbocycles. The number of esters is 1. The van der Waals surface area contributed by atoms with E-state index >= 15 is 0 Å². The Labute approximate surface area is 145 Å². The van der Waals surface area contributed by atoms with E-state index in [-0.39, 0.29) is 17.0 Å². The lowest BCUT2D eigenvalue weighted by Gasteiger charge is -2.14. The fourth-order valence-corrected chi connectivity index (χ4v) is 2.67. The molecule has 130 valence electrons. The highest BCUT2D eigenvalue weighted by Crippen LogP contribution is 2.22. The van der Waals surface area contributed by atoms with Crippen LogP contribution in [0, 0.1) is 37.8 Å². The molecule has 0 amide bonds. The fraction of sp³-hybridized carbons (Fsp3) is 0.263. The van der Waals surface area contributed by atoms with Crippen molar-refractivity contribution in [1.29, 1.82) is 0 Å². The third-order valence-corrected chi connectivity index (χ3v) is 4.27. The monoisotopic (exact) mass is 341 g/mol. The lowest BCUT2D eigenvalue weighted by Crippen LogP contribution is -2.17. The van der Waals surface area contributed by atoms with Gasteiger partial charge in [0, 0.05) is 17.7 Å².